The van der Waals surface area contributed by atoms with Crippen molar-refractivity contribution >= 4 is 10.0 Å². The van der Waals surface area contributed by atoms with Crippen LogP contribution in [0.15, 0.2) is 41.3 Å². The second-order valence-electron chi connectivity index (χ2n) is 5.15. The number of nitrogens with one attached hydrogen (secondary N) is 1. The van der Waals surface area contributed by atoms with Gasteiger partial charge in [-0.2, -0.15) is 0 Å². The Morgan fingerprint density at radius 2 is 1.67 bits per heavy atom. The predicted octanol–water partition coefficient (Wildman–Crippen LogP) is 3.23. The van der Waals surface area contributed by atoms with Crippen LogP contribution in [-0.4, -0.2) is 8.42 Å². The SMILES string of the molecule is Cc1ccc(S(=O)(=O)NCc2ccc(F)c(C)c2)cc1C. The van der Waals surface area contributed by atoms with Crippen LogP contribution in [0, 0.1) is 26.6 Å². The molecule has 1 N–H and O–H groups in total. The quantitative estimate of drug-likeness (QED) is 0.942. The lowest BCUT2D eigenvalue weighted by Gasteiger charge is -2.09. The molecule has 112 valence electrons. The van der Waals surface area contributed by atoms with Crippen molar-refractivity contribution in [2.75, 3.05) is 0 Å². The standard InChI is InChI=1S/C16H18FNO2S/c1-11-4-6-15(9-12(11)2)21(19,20)18-10-14-5-7-16(17)13(3)8-14/h4-9,18H,10H2,1-3H3. The fourth-order valence-electron chi connectivity index (χ4n) is 1.96. The Morgan fingerprint density at radius 1 is 0.952 bits per heavy atom. The molecule has 0 aliphatic heterocycles. The van der Waals surface area contributed by atoms with Crippen molar-refractivity contribution in [1.29, 1.82) is 0 Å². The third kappa shape index (κ3) is 3.68. The summed E-state index contributed by atoms with van der Waals surface area (Å²) in [7, 11) is -3.56. The van der Waals surface area contributed by atoms with Gasteiger partial charge in [0.15, 0.2) is 0 Å². The molecule has 0 fully saturated rings. The van der Waals surface area contributed by atoms with Gasteiger partial charge in [0.2, 0.25) is 10.0 Å². The number of halogens is 1. The maximum absolute atomic E-state index is 13.2. The molecule has 0 aliphatic carbocycles. The largest absolute Gasteiger partial charge is 0.240 e. The highest BCUT2D eigenvalue weighted by Gasteiger charge is 2.14. The third-order valence-electron chi connectivity index (χ3n) is 3.48. The van der Waals surface area contributed by atoms with Crippen molar-refractivity contribution in [2.24, 2.45) is 0 Å². The molecule has 0 aromatic heterocycles. The third-order valence-corrected chi connectivity index (χ3v) is 4.88. The number of sulfonamides is 1. The molecule has 2 rings (SSSR count). The van der Waals surface area contributed by atoms with E-state index in [1.165, 1.54) is 6.07 Å². The Labute approximate surface area is 124 Å². The van der Waals surface area contributed by atoms with Gasteiger partial charge in [0.1, 0.15) is 5.82 Å². The predicted molar refractivity (Wildman–Crippen MR) is 81.1 cm³/mol. The van der Waals surface area contributed by atoms with E-state index in [9.17, 15) is 12.8 Å². The van der Waals surface area contributed by atoms with Gasteiger partial charge in [0, 0.05) is 6.54 Å². The van der Waals surface area contributed by atoms with Gasteiger partial charge in [-0.05, 0) is 61.2 Å². The van der Waals surface area contributed by atoms with E-state index in [0.29, 0.717) is 5.56 Å². The monoisotopic (exact) mass is 307 g/mol. The van der Waals surface area contributed by atoms with E-state index >= 15 is 0 Å². The summed E-state index contributed by atoms with van der Waals surface area (Å²) < 4.78 is 40.2. The summed E-state index contributed by atoms with van der Waals surface area (Å²) in [5, 5.41) is 0. The lowest BCUT2D eigenvalue weighted by Crippen LogP contribution is -2.23. The van der Waals surface area contributed by atoms with Crippen LogP contribution in [0.4, 0.5) is 4.39 Å². The van der Waals surface area contributed by atoms with Crippen LogP contribution in [0.1, 0.15) is 22.3 Å². The van der Waals surface area contributed by atoms with Crippen LogP contribution in [0.3, 0.4) is 0 Å². The minimum absolute atomic E-state index is 0.135. The summed E-state index contributed by atoms with van der Waals surface area (Å²) in [4.78, 5) is 0.240. The lowest BCUT2D eigenvalue weighted by atomic mass is 10.1. The van der Waals surface area contributed by atoms with Gasteiger partial charge in [-0.15, -0.1) is 0 Å². The van der Waals surface area contributed by atoms with Crippen LogP contribution in [-0.2, 0) is 16.6 Å². The smallest absolute Gasteiger partial charge is 0.207 e. The van der Waals surface area contributed by atoms with Gasteiger partial charge in [0.25, 0.3) is 0 Å². The van der Waals surface area contributed by atoms with E-state index in [2.05, 4.69) is 4.72 Å². The molecular formula is C16H18FNO2S. The van der Waals surface area contributed by atoms with Crippen LogP contribution < -0.4 is 4.72 Å². The zero-order valence-corrected chi connectivity index (χ0v) is 13.1. The molecule has 0 spiro atoms. The van der Waals surface area contributed by atoms with Gasteiger partial charge >= 0.3 is 0 Å². The highest BCUT2D eigenvalue weighted by Crippen LogP contribution is 2.15. The first-order valence-corrected chi connectivity index (χ1v) is 8.10. The number of aryl methyl sites for hydroxylation is 3. The molecule has 0 unspecified atom stereocenters. The first kappa shape index (κ1) is 15.7. The first-order chi connectivity index (χ1) is 9.79. The van der Waals surface area contributed by atoms with Gasteiger partial charge < -0.3 is 0 Å². The molecule has 0 amide bonds. The van der Waals surface area contributed by atoms with E-state index in [1.807, 2.05) is 13.8 Å². The van der Waals surface area contributed by atoms with E-state index in [-0.39, 0.29) is 17.3 Å². The summed E-state index contributed by atoms with van der Waals surface area (Å²) in [6, 6.07) is 9.57. The van der Waals surface area contributed by atoms with E-state index in [0.717, 1.165) is 16.7 Å². The summed E-state index contributed by atoms with van der Waals surface area (Å²) in [6.07, 6.45) is 0. The summed E-state index contributed by atoms with van der Waals surface area (Å²) in [6.45, 7) is 5.59. The van der Waals surface area contributed by atoms with Crippen molar-refractivity contribution < 1.29 is 12.8 Å². The highest BCUT2D eigenvalue weighted by atomic mass is 32.2. The second kappa shape index (κ2) is 5.95. The molecule has 3 nitrogen and oxygen atoms in total. The van der Waals surface area contributed by atoms with E-state index in [1.54, 1.807) is 37.3 Å². The van der Waals surface area contributed by atoms with E-state index in [4.69, 9.17) is 0 Å². The van der Waals surface area contributed by atoms with Crippen molar-refractivity contribution in [3.63, 3.8) is 0 Å². The Bertz CT molecular complexity index is 770. The lowest BCUT2D eigenvalue weighted by molar-refractivity contribution is 0.581. The van der Waals surface area contributed by atoms with Gasteiger partial charge in [-0.25, -0.2) is 17.5 Å². The van der Waals surface area contributed by atoms with Crippen LogP contribution >= 0.6 is 0 Å². The normalized spacial score (nSPS) is 11.6. The maximum Gasteiger partial charge on any atom is 0.240 e. The van der Waals surface area contributed by atoms with Crippen molar-refractivity contribution in [1.82, 2.24) is 4.72 Å². The van der Waals surface area contributed by atoms with Gasteiger partial charge in [-0.1, -0.05) is 18.2 Å². The van der Waals surface area contributed by atoms with E-state index < -0.39 is 10.0 Å². The number of rotatable bonds is 4. The Morgan fingerprint density at radius 3 is 2.29 bits per heavy atom. The van der Waals surface area contributed by atoms with Gasteiger partial charge in [-0.3, -0.25) is 0 Å². The minimum Gasteiger partial charge on any atom is -0.207 e. The number of hydrogen-bond acceptors (Lipinski definition) is 2. The Hall–Kier alpha value is -1.72. The molecule has 0 heterocycles. The molecule has 0 saturated heterocycles. The number of benzene rings is 2. The zero-order chi connectivity index (χ0) is 15.6. The molecule has 21 heavy (non-hydrogen) atoms. The molecule has 0 atom stereocenters. The van der Waals surface area contributed by atoms with Crippen molar-refractivity contribution in [3.05, 3.63) is 64.5 Å². The molecule has 0 aliphatic rings. The summed E-state index contributed by atoms with van der Waals surface area (Å²) in [5.41, 5.74) is 3.19. The van der Waals surface area contributed by atoms with Gasteiger partial charge in [0.05, 0.1) is 4.90 Å². The average Bonchev–Trinajstić information content (AvgIpc) is 2.43. The maximum atomic E-state index is 13.2. The minimum atomic E-state index is -3.56. The fourth-order valence-corrected chi connectivity index (χ4v) is 3.06. The Balaban J connectivity index is 2.17. The fraction of sp³-hybridized carbons (Fsp3) is 0.250. The van der Waals surface area contributed by atoms with Crippen LogP contribution in [0.5, 0.6) is 0 Å². The summed E-state index contributed by atoms with van der Waals surface area (Å²) in [5.74, 6) is -0.296. The number of hydrogen-bond donors (Lipinski definition) is 1. The summed E-state index contributed by atoms with van der Waals surface area (Å²) >= 11 is 0. The second-order valence-corrected chi connectivity index (χ2v) is 6.92. The van der Waals surface area contributed by atoms with Crippen molar-refractivity contribution in [2.45, 2.75) is 32.2 Å². The zero-order valence-electron chi connectivity index (χ0n) is 12.3. The molecule has 2 aromatic rings. The molecule has 0 saturated carbocycles. The first-order valence-electron chi connectivity index (χ1n) is 6.61. The topological polar surface area (TPSA) is 46.2 Å². The molecule has 0 radical (unpaired) electrons. The van der Waals surface area contributed by atoms with Crippen LogP contribution in [0.25, 0.3) is 0 Å². The Kier molecular flexibility index (Phi) is 4.44. The molecule has 2 aromatic carbocycles. The average molecular weight is 307 g/mol. The van der Waals surface area contributed by atoms with Crippen molar-refractivity contribution in [3.8, 4) is 0 Å². The molecule has 0 bridgehead atoms. The highest BCUT2D eigenvalue weighted by molar-refractivity contribution is 7.89. The molecular weight excluding hydrogens is 289 g/mol. The van der Waals surface area contributed by atoms with Crippen LogP contribution in [0.2, 0.25) is 0 Å². The molecule has 5 heteroatoms.